The van der Waals surface area contributed by atoms with Gasteiger partial charge >= 0.3 is 0 Å². The van der Waals surface area contributed by atoms with Crippen LogP contribution in [0.2, 0.25) is 17.6 Å². The lowest BCUT2D eigenvalue weighted by atomic mass is 10.1. The van der Waals surface area contributed by atoms with Crippen molar-refractivity contribution in [2.45, 2.75) is 51.2 Å². The minimum Gasteiger partial charge on any atom is -0.532 e. The Labute approximate surface area is 129 Å². The van der Waals surface area contributed by atoms with E-state index >= 15 is 0 Å². The van der Waals surface area contributed by atoms with Crippen molar-refractivity contribution >= 4 is 8.32 Å². The molecule has 1 aromatic heterocycles. The standard InChI is InChI=1S/C18H27NOSi/c1-18(2,3)21(4,20-17-13-8-14-19-17)15-9-12-16-10-6-5-7-11-16/h5-8,10-11,13-14,19H,9,12,15H2,1-4H3. The number of hydrogen-bond acceptors (Lipinski definition) is 1. The van der Waals surface area contributed by atoms with Crippen LogP contribution in [0.1, 0.15) is 32.8 Å². The molecule has 0 aliphatic rings. The van der Waals surface area contributed by atoms with Crippen LogP contribution in [0.25, 0.3) is 0 Å². The molecule has 1 heterocycles. The van der Waals surface area contributed by atoms with Crippen LogP contribution in [-0.4, -0.2) is 13.3 Å². The monoisotopic (exact) mass is 301 g/mol. The Morgan fingerprint density at radius 2 is 1.76 bits per heavy atom. The first-order valence-electron chi connectivity index (χ1n) is 7.77. The predicted molar refractivity (Wildman–Crippen MR) is 92.3 cm³/mol. The van der Waals surface area contributed by atoms with Crippen molar-refractivity contribution in [3.63, 3.8) is 0 Å². The summed E-state index contributed by atoms with van der Waals surface area (Å²) >= 11 is 0. The molecular weight excluding hydrogens is 274 g/mol. The van der Waals surface area contributed by atoms with E-state index in [1.54, 1.807) is 0 Å². The highest BCUT2D eigenvalue weighted by molar-refractivity contribution is 6.76. The summed E-state index contributed by atoms with van der Waals surface area (Å²) < 4.78 is 6.43. The van der Waals surface area contributed by atoms with Crippen LogP contribution in [0.15, 0.2) is 48.7 Å². The minimum atomic E-state index is -1.84. The normalized spacial score (nSPS) is 14.7. The number of aryl methyl sites for hydroxylation is 1. The number of nitrogens with one attached hydrogen (secondary N) is 1. The predicted octanol–water partition coefficient (Wildman–Crippen LogP) is 5.40. The first-order valence-corrected chi connectivity index (χ1v) is 10.4. The highest BCUT2D eigenvalue weighted by Gasteiger charge is 2.43. The van der Waals surface area contributed by atoms with Gasteiger partial charge in [-0.15, -0.1) is 0 Å². The van der Waals surface area contributed by atoms with Crippen LogP contribution in [-0.2, 0) is 6.42 Å². The van der Waals surface area contributed by atoms with Gasteiger partial charge in [0.25, 0.3) is 8.32 Å². The Kier molecular flexibility index (Phi) is 4.94. The SMILES string of the molecule is CC(C)(C)[Si](C)(CCCc1ccccc1)Oc1ccc[nH]1. The van der Waals surface area contributed by atoms with Gasteiger partial charge in [0.2, 0.25) is 0 Å². The molecule has 0 radical (unpaired) electrons. The molecule has 1 aromatic carbocycles. The zero-order valence-electron chi connectivity index (χ0n) is 13.6. The smallest absolute Gasteiger partial charge is 0.255 e. The minimum absolute atomic E-state index is 0.217. The largest absolute Gasteiger partial charge is 0.532 e. The third-order valence-corrected chi connectivity index (χ3v) is 9.60. The number of aromatic amines is 1. The van der Waals surface area contributed by atoms with Crippen molar-refractivity contribution in [3.8, 4) is 5.88 Å². The fraction of sp³-hybridized carbons (Fsp3) is 0.444. The molecule has 2 aromatic rings. The van der Waals surface area contributed by atoms with Crippen LogP contribution in [0.5, 0.6) is 5.88 Å². The summed E-state index contributed by atoms with van der Waals surface area (Å²) in [6.45, 7) is 9.29. The summed E-state index contributed by atoms with van der Waals surface area (Å²) in [5.41, 5.74) is 1.42. The van der Waals surface area contributed by atoms with Crippen LogP contribution in [0.4, 0.5) is 0 Å². The van der Waals surface area contributed by atoms with Gasteiger partial charge in [-0.05, 0) is 48.2 Å². The van der Waals surface area contributed by atoms with Gasteiger partial charge in [0, 0.05) is 6.20 Å². The summed E-state index contributed by atoms with van der Waals surface area (Å²) in [4.78, 5) is 3.19. The number of hydrogen-bond donors (Lipinski definition) is 1. The second-order valence-electron chi connectivity index (χ2n) is 6.96. The maximum absolute atomic E-state index is 6.43. The van der Waals surface area contributed by atoms with E-state index in [-0.39, 0.29) is 5.04 Å². The molecule has 1 atom stereocenters. The molecule has 0 amide bonds. The summed E-state index contributed by atoms with van der Waals surface area (Å²) in [7, 11) is -1.84. The van der Waals surface area contributed by atoms with Crippen molar-refractivity contribution in [2.24, 2.45) is 0 Å². The molecule has 0 bridgehead atoms. The third kappa shape index (κ3) is 4.24. The molecule has 1 N–H and O–H groups in total. The van der Waals surface area contributed by atoms with Crippen molar-refractivity contribution in [3.05, 3.63) is 54.2 Å². The molecule has 0 saturated heterocycles. The van der Waals surface area contributed by atoms with E-state index in [0.717, 1.165) is 12.3 Å². The quantitative estimate of drug-likeness (QED) is 0.710. The van der Waals surface area contributed by atoms with Gasteiger partial charge in [-0.25, -0.2) is 0 Å². The van der Waals surface area contributed by atoms with Crippen molar-refractivity contribution in [2.75, 3.05) is 0 Å². The molecule has 1 unspecified atom stereocenters. The average Bonchev–Trinajstić information content (AvgIpc) is 2.91. The van der Waals surface area contributed by atoms with Gasteiger partial charge in [-0.2, -0.15) is 0 Å². The molecule has 0 aliphatic heterocycles. The van der Waals surface area contributed by atoms with Gasteiger partial charge in [-0.1, -0.05) is 51.1 Å². The number of rotatable bonds is 6. The lowest BCUT2D eigenvalue weighted by Crippen LogP contribution is -2.47. The fourth-order valence-electron chi connectivity index (χ4n) is 2.47. The molecule has 2 nitrogen and oxygen atoms in total. The van der Waals surface area contributed by atoms with E-state index in [0.29, 0.717) is 0 Å². The lowest BCUT2D eigenvalue weighted by molar-refractivity contribution is 0.465. The molecule has 0 aliphatic carbocycles. The Bertz CT molecular complexity index is 530. The van der Waals surface area contributed by atoms with E-state index < -0.39 is 8.32 Å². The highest BCUT2D eigenvalue weighted by Crippen LogP contribution is 2.40. The molecular formula is C18H27NOSi. The van der Waals surface area contributed by atoms with E-state index in [9.17, 15) is 0 Å². The van der Waals surface area contributed by atoms with Gasteiger partial charge in [0.15, 0.2) is 5.88 Å². The highest BCUT2D eigenvalue weighted by atomic mass is 28.4. The van der Waals surface area contributed by atoms with Crippen molar-refractivity contribution < 1.29 is 4.43 Å². The zero-order chi connectivity index (χ0) is 15.3. The van der Waals surface area contributed by atoms with E-state index in [1.807, 2.05) is 18.3 Å². The average molecular weight is 302 g/mol. The first-order chi connectivity index (χ1) is 9.91. The summed E-state index contributed by atoms with van der Waals surface area (Å²) in [6, 6.07) is 15.9. The van der Waals surface area contributed by atoms with Crippen LogP contribution < -0.4 is 4.43 Å². The van der Waals surface area contributed by atoms with Crippen LogP contribution >= 0.6 is 0 Å². The van der Waals surface area contributed by atoms with Gasteiger partial charge in [0.1, 0.15) is 0 Å². The molecule has 0 spiro atoms. The lowest BCUT2D eigenvalue weighted by Gasteiger charge is -2.39. The molecule has 0 saturated carbocycles. The number of H-pyrrole nitrogens is 1. The van der Waals surface area contributed by atoms with E-state index in [1.165, 1.54) is 18.0 Å². The topological polar surface area (TPSA) is 25.0 Å². The Morgan fingerprint density at radius 1 is 1.05 bits per heavy atom. The fourth-order valence-corrected chi connectivity index (χ4v) is 5.10. The van der Waals surface area contributed by atoms with Crippen molar-refractivity contribution in [1.29, 1.82) is 0 Å². The van der Waals surface area contributed by atoms with E-state index in [2.05, 4.69) is 62.6 Å². The second kappa shape index (κ2) is 6.52. The second-order valence-corrected chi connectivity index (χ2v) is 11.6. The van der Waals surface area contributed by atoms with Crippen LogP contribution in [0.3, 0.4) is 0 Å². The molecule has 21 heavy (non-hydrogen) atoms. The van der Waals surface area contributed by atoms with Crippen LogP contribution in [0, 0.1) is 0 Å². The Hall–Kier alpha value is -1.48. The molecule has 2 rings (SSSR count). The molecule has 0 fully saturated rings. The summed E-state index contributed by atoms with van der Waals surface area (Å²) in [5, 5.41) is 0.217. The maximum atomic E-state index is 6.43. The van der Waals surface area contributed by atoms with E-state index in [4.69, 9.17) is 4.43 Å². The Balaban J connectivity index is 2.00. The maximum Gasteiger partial charge on any atom is 0.255 e. The third-order valence-electron chi connectivity index (χ3n) is 4.45. The summed E-state index contributed by atoms with van der Waals surface area (Å²) in [6.07, 6.45) is 4.25. The zero-order valence-corrected chi connectivity index (χ0v) is 14.6. The Morgan fingerprint density at radius 3 is 2.33 bits per heavy atom. The van der Waals surface area contributed by atoms with Gasteiger partial charge < -0.3 is 9.41 Å². The number of benzene rings is 1. The van der Waals surface area contributed by atoms with Gasteiger partial charge in [0.05, 0.1) is 0 Å². The van der Waals surface area contributed by atoms with Crippen molar-refractivity contribution in [1.82, 2.24) is 4.98 Å². The molecule has 114 valence electrons. The molecule has 3 heteroatoms. The van der Waals surface area contributed by atoms with Gasteiger partial charge in [-0.3, -0.25) is 0 Å². The number of aromatic nitrogens is 1. The first kappa shape index (κ1) is 15.9. The summed E-state index contributed by atoms with van der Waals surface area (Å²) in [5.74, 6) is 0.916.